The van der Waals surface area contributed by atoms with Crippen molar-refractivity contribution in [3.05, 3.63) is 42.2 Å². The Morgan fingerprint density at radius 3 is 2.80 bits per heavy atom. The van der Waals surface area contributed by atoms with Gasteiger partial charge in [0, 0.05) is 35.3 Å². The lowest BCUT2D eigenvalue weighted by Crippen LogP contribution is -2.15. The first-order chi connectivity index (χ1) is 11.9. The van der Waals surface area contributed by atoms with Gasteiger partial charge in [-0.25, -0.2) is 26.9 Å². The summed E-state index contributed by atoms with van der Waals surface area (Å²) in [4.78, 5) is 10.5. The summed E-state index contributed by atoms with van der Waals surface area (Å²) in [5.74, 6) is -0.368. The Labute approximate surface area is 142 Å². The Hall–Kier alpha value is -2.75. The van der Waals surface area contributed by atoms with Crippen LogP contribution in [0, 0.1) is 0 Å². The standard InChI is InChI=1S/C15H14F2N4O3S/c1-24-14-9(6-13(16)17)7-19-15(20-14)21-25(22,23)12-8-18-11-5-3-2-4-10(11)12/h2-5,7-8,13,18H,6H2,1H3,(H,19,20,21). The van der Waals surface area contributed by atoms with Crippen LogP contribution in [0.3, 0.4) is 0 Å². The first kappa shape index (κ1) is 17.1. The van der Waals surface area contributed by atoms with E-state index in [2.05, 4.69) is 19.7 Å². The molecule has 0 amide bonds. The molecule has 0 unspecified atom stereocenters. The van der Waals surface area contributed by atoms with Crippen LogP contribution >= 0.6 is 0 Å². The molecule has 3 rings (SSSR count). The van der Waals surface area contributed by atoms with Crippen molar-refractivity contribution in [2.24, 2.45) is 0 Å². The lowest BCUT2D eigenvalue weighted by molar-refractivity contribution is 0.147. The molecule has 0 spiro atoms. The first-order valence-corrected chi connectivity index (χ1v) is 8.66. The third-order valence-electron chi connectivity index (χ3n) is 3.46. The number of nitrogens with zero attached hydrogens (tertiary/aromatic N) is 2. The van der Waals surface area contributed by atoms with Crippen LogP contribution in [0.5, 0.6) is 5.88 Å². The van der Waals surface area contributed by atoms with Gasteiger partial charge >= 0.3 is 0 Å². The minimum atomic E-state index is -3.97. The summed E-state index contributed by atoms with van der Waals surface area (Å²) in [5.41, 5.74) is 0.751. The number of ether oxygens (including phenoxy) is 1. The molecule has 2 heterocycles. The van der Waals surface area contributed by atoms with Crippen LogP contribution in [0.1, 0.15) is 5.56 Å². The predicted molar refractivity (Wildman–Crippen MR) is 87.4 cm³/mol. The molecule has 132 valence electrons. The molecular weight excluding hydrogens is 354 g/mol. The number of aromatic amines is 1. The maximum atomic E-state index is 12.6. The number of hydrogen-bond donors (Lipinski definition) is 2. The van der Waals surface area contributed by atoms with Gasteiger partial charge in [0.15, 0.2) is 0 Å². The van der Waals surface area contributed by atoms with Gasteiger partial charge in [0.25, 0.3) is 10.0 Å². The molecule has 0 fully saturated rings. The average Bonchev–Trinajstić information content (AvgIpc) is 3.00. The van der Waals surface area contributed by atoms with Gasteiger partial charge in [-0.05, 0) is 6.07 Å². The Balaban J connectivity index is 1.93. The molecule has 2 N–H and O–H groups in total. The second kappa shape index (κ2) is 6.63. The predicted octanol–water partition coefficient (Wildman–Crippen LogP) is 2.57. The van der Waals surface area contributed by atoms with Gasteiger partial charge in [-0.2, -0.15) is 4.98 Å². The highest BCUT2D eigenvalue weighted by Crippen LogP contribution is 2.25. The average molecular weight is 368 g/mol. The van der Waals surface area contributed by atoms with E-state index in [1.54, 1.807) is 24.3 Å². The fourth-order valence-corrected chi connectivity index (χ4v) is 3.50. The molecule has 0 radical (unpaired) electrons. The van der Waals surface area contributed by atoms with Crippen LogP contribution in [-0.4, -0.2) is 36.9 Å². The van der Waals surface area contributed by atoms with E-state index in [0.717, 1.165) is 6.20 Å². The molecule has 7 nitrogen and oxygen atoms in total. The van der Waals surface area contributed by atoms with Crippen molar-refractivity contribution in [3.63, 3.8) is 0 Å². The fraction of sp³-hybridized carbons (Fsp3) is 0.200. The number of hydrogen-bond acceptors (Lipinski definition) is 5. The number of methoxy groups -OCH3 is 1. The molecule has 2 aromatic heterocycles. The first-order valence-electron chi connectivity index (χ1n) is 7.17. The van der Waals surface area contributed by atoms with Crippen molar-refractivity contribution < 1.29 is 21.9 Å². The van der Waals surface area contributed by atoms with Crippen molar-refractivity contribution in [2.75, 3.05) is 11.8 Å². The number of para-hydroxylation sites is 1. The smallest absolute Gasteiger partial charge is 0.266 e. The van der Waals surface area contributed by atoms with Gasteiger partial charge in [0.05, 0.1) is 7.11 Å². The van der Waals surface area contributed by atoms with E-state index in [4.69, 9.17) is 4.74 Å². The zero-order chi connectivity index (χ0) is 18.0. The third kappa shape index (κ3) is 3.53. The van der Waals surface area contributed by atoms with Gasteiger partial charge in [0.1, 0.15) is 4.90 Å². The fourth-order valence-electron chi connectivity index (χ4n) is 2.37. The Morgan fingerprint density at radius 2 is 2.08 bits per heavy atom. The maximum Gasteiger partial charge on any atom is 0.266 e. The molecule has 10 heteroatoms. The zero-order valence-corrected chi connectivity index (χ0v) is 13.8. The van der Waals surface area contributed by atoms with E-state index < -0.39 is 22.9 Å². The van der Waals surface area contributed by atoms with Crippen molar-refractivity contribution in [3.8, 4) is 5.88 Å². The van der Waals surface area contributed by atoms with E-state index in [1.165, 1.54) is 13.3 Å². The van der Waals surface area contributed by atoms with Gasteiger partial charge in [-0.3, -0.25) is 0 Å². The molecule has 25 heavy (non-hydrogen) atoms. The summed E-state index contributed by atoms with van der Waals surface area (Å²) in [6.07, 6.45) is -0.703. The summed E-state index contributed by atoms with van der Waals surface area (Å²) in [5, 5.41) is 0.510. The number of fused-ring (bicyclic) bond motifs is 1. The number of rotatable bonds is 6. The molecule has 0 aliphatic rings. The quantitative estimate of drug-likeness (QED) is 0.697. The minimum Gasteiger partial charge on any atom is -0.481 e. The molecule has 0 aliphatic carbocycles. The van der Waals surface area contributed by atoms with E-state index >= 15 is 0 Å². The minimum absolute atomic E-state index is 0.0299. The Bertz CT molecular complexity index is 1000. The highest BCUT2D eigenvalue weighted by atomic mass is 32.2. The largest absolute Gasteiger partial charge is 0.481 e. The number of alkyl halides is 2. The van der Waals surface area contributed by atoms with Gasteiger partial charge < -0.3 is 9.72 Å². The Kier molecular flexibility index (Phi) is 4.53. The SMILES string of the molecule is COc1nc(NS(=O)(=O)c2c[nH]c3ccccc23)ncc1CC(F)F. The number of anilines is 1. The number of sulfonamides is 1. The van der Waals surface area contributed by atoms with Gasteiger partial charge in [-0.15, -0.1) is 0 Å². The Morgan fingerprint density at radius 1 is 1.32 bits per heavy atom. The monoisotopic (exact) mass is 368 g/mol. The molecule has 0 saturated carbocycles. The molecule has 1 aromatic carbocycles. The van der Waals surface area contributed by atoms with Crippen LogP contribution < -0.4 is 9.46 Å². The normalized spacial score (nSPS) is 11.8. The highest BCUT2D eigenvalue weighted by Gasteiger charge is 2.21. The van der Waals surface area contributed by atoms with Crippen LogP contribution in [0.15, 0.2) is 41.6 Å². The number of aromatic nitrogens is 3. The topological polar surface area (TPSA) is 97.0 Å². The zero-order valence-electron chi connectivity index (χ0n) is 13.0. The second-order valence-electron chi connectivity index (χ2n) is 5.13. The van der Waals surface area contributed by atoms with Crippen LogP contribution in [0.25, 0.3) is 10.9 Å². The van der Waals surface area contributed by atoms with Crippen molar-refractivity contribution >= 4 is 26.9 Å². The number of nitrogens with one attached hydrogen (secondary N) is 2. The molecule has 0 bridgehead atoms. The van der Waals surface area contributed by atoms with E-state index in [0.29, 0.717) is 10.9 Å². The van der Waals surface area contributed by atoms with Gasteiger partial charge in [0.2, 0.25) is 18.3 Å². The maximum absolute atomic E-state index is 12.6. The number of benzene rings is 1. The van der Waals surface area contributed by atoms with Crippen molar-refractivity contribution in [2.45, 2.75) is 17.7 Å². The van der Waals surface area contributed by atoms with E-state index in [9.17, 15) is 17.2 Å². The van der Waals surface area contributed by atoms with Crippen molar-refractivity contribution in [1.82, 2.24) is 15.0 Å². The molecule has 3 aromatic rings. The van der Waals surface area contributed by atoms with Crippen LogP contribution in [-0.2, 0) is 16.4 Å². The lowest BCUT2D eigenvalue weighted by Gasteiger charge is -2.10. The summed E-state index contributed by atoms with van der Waals surface area (Å²) < 4.78 is 57.3. The number of H-pyrrole nitrogens is 1. The summed E-state index contributed by atoms with van der Waals surface area (Å²) in [6.45, 7) is 0. The van der Waals surface area contributed by atoms with E-state index in [-0.39, 0.29) is 22.3 Å². The summed E-state index contributed by atoms with van der Waals surface area (Å²) in [7, 11) is -2.71. The second-order valence-corrected chi connectivity index (χ2v) is 6.78. The highest BCUT2D eigenvalue weighted by molar-refractivity contribution is 7.93. The number of halogens is 2. The molecule has 0 aliphatic heterocycles. The van der Waals surface area contributed by atoms with Crippen LogP contribution in [0.2, 0.25) is 0 Å². The summed E-state index contributed by atoms with van der Waals surface area (Å²) >= 11 is 0. The lowest BCUT2D eigenvalue weighted by atomic mass is 10.2. The van der Waals surface area contributed by atoms with Crippen molar-refractivity contribution in [1.29, 1.82) is 0 Å². The molecule has 0 saturated heterocycles. The molecular formula is C15H14F2N4O3S. The van der Waals surface area contributed by atoms with Gasteiger partial charge in [-0.1, -0.05) is 18.2 Å². The summed E-state index contributed by atoms with van der Waals surface area (Å²) in [6, 6.07) is 6.90. The van der Waals surface area contributed by atoms with E-state index in [1.807, 2.05) is 0 Å². The molecule has 0 atom stereocenters. The van der Waals surface area contributed by atoms with Crippen LogP contribution in [0.4, 0.5) is 14.7 Å². The third-order valence-corrected chi connectivity index (χ3v) is 4.83.